The number of anilines is 2. The standard InChI is InChI=1S/C20H31F3N6O4S.C10H10F3NO/c21-20(22,23)18-26-16(28-9-1-2-10-28)14-17(27-18)29-11-5-15(6-12-29)4-3-7-24-19(30)25-8-13-34(31,32)33;11-10(12,13)9-3-1-8(2-4-9)5-6-14-7-15/h14-15H,1-13H2,(H2,24,25,30)(H,31,32,33);1-4,7H,5-6H2,(H,14,15). The molecule has 1 aromatic heterocycles. The number of nitrogens with zero attached hydrogens (tertiary/aromatic N) is 4. The molecule has 3 heterocycles. The van der Waals surface area contributed by atoms with Crippen LogP contribution in [-0.2, 0) is 33.7 Å². The van der Waals surface area contributed by atoms with Crippen molar-refractivity contribution >= 4 is 34.2 Å². The number of halogens is 6. The van der Waals surface area contributed by atoms with E-state index in [2.05, 4.69) is 25.9 Å². The van der Waals surface area contributed by atoms with Crippen LogP contribution >= 0.6 is 0 Å². The zero-order valence-electron chi connectivity index (χ0n) is 26.7. The van der Waals surface area contributed by atoms with E-state index in [4.69, 9.17) is 4.55 Å². The van der Waals surface area contributed by atoms with Crippen molar-refractivity contribution in [2.24, 2.45) is 5.92 Å². The number of nitrogens with one attached hydrogen (secondary N) is 3. The lowest BCUT2D eigenvalue weighted by atomic mass is 9.92. The van der Waals surface area contributed by atoms with Crippen molar-refractivity contribution in [3.05, 3.63) is 47.3 Å². The van der Waals surface area contributed by atoms with Gasteiger partial charge in [-0.25, -0.2) is 14.8 Å². The number of hydrogen-bond donors (Lipinski definition) is 4. The fourth-order valence-corrected chi connectivity index (χ4v) is 5.71. The van der Waals surface area contributed by atoms with Crippen LogP contribution in [0.5, 0.6) is 0 Å². The molecule has 4 rings (SSSR count). The van der Waals surface area contributed by atoms with E-state index in [-0.39, 0.29) is 6.54 Å². The fraction of sp³-hybridized carbons (Fsp3) is 0.600. The van der Waals surface area contributed by atoms with Crippen molar-refractivity contribution < 1.29 is 48.9 Å². The smallest absolute Gasteiger partial charge is 0.358 e. The molecule has 0 unspecified atom stereocenters. The van der Waals surface area contributed by atoms with Gasteiger partial charge in [0.15, 0.2) is 0 Å². The van der Waals surface area contributed by atoms with Crippen molar-refractivity contribution in [3.8, 4) is 0 Å². The molecule has 49 heavy (non-hydrogen) atoms. The number of alkyl halides is 6. The molecule has 0 aliphatic carbocycles. The van der Waals surface area contributed by atoms with Gasteiger partial charge in [-0.05, 0) is 68.6 Å². The third-order valence-electron chi connectivity index (χ3n) is 7.96. The number of aromatic nitrogens is 2. The lowest BCUT2D eigenvalue weighted by molar-refractivity contribution is -0.144. The average molecular weight is 726 g/mol. The predicted molar refractivity (Wildman–Crippen MR) is 170 cm³/mol. The van der Waals surface area contributed by atoms with E-state index >= 15 is 0 Å². The second kappa shape index (κ2) is 18.2. The summed E-state index contributed by atoms with van der Waals surface area (Å²) in [4.78, 5) is 32.9. The molecular weight excluding hydrogens is 684 g/mol. The monoisotopic (exact) mass is 725 g/mol. The summed E-state index contributed by atoms with van der Waals surface area (Å²) in [5.74, 6) is -0.614. The number of carbonyl (C=O) groups is 2. The topological polar surface area (TPSA) is 157 Å². The third kappa shape index (κ3) is 14.3. The van der Waals surface area contributed by atoms with Crippen molar-refractivity contribution in [3.63, 3.8) is 0 Å². The van der Waals surface area contributed by atoms with Crippen LogP contribution in [0.15, 0.2) is 30.3 Å². The normalized spacial score (nSPS) is 15.7. The summed E-state index contributed by atoms with van der Waals surface area (Å²) in [6, 6.07) is 6.05. The van der Waals surface area contributed by atoms with E-state index in [0.29, 0.717) is 69.7 Å². The molecular formula is C30H41F6N7O5S. The first-order valence-electron chi connectivity index (χ1n) is 15.8. The Morgan fingerprint density at radius 1 is 0.878 bits per heavy atom. The zero-order chi connectivity index (χ0) is 36.1. The molecule has 274 valence electrons. The van der Waals surface area contributed by atoms with Gasteiger partial charge >= 0.3 is 18.4 Å². The zero-order valence-corrected chi connectivity index (χ0v) is 27.5. The van der Waals surface area contributed by atoms with Gasteiger partial charge in [0.2, 0.25) is 12.2 Å². The van der Waals surface area contributed by atoms with Gasteiger partial charge in [0.25, 0.3) is 10.1 Å². The molecule has 2 saturated heterocycles. The molecule has 2 fully saturated rings. The highest BCUT2D eigenvalue weighted by atomic mass is 32.2. The first-order chi connectivity index (χ1) is 23.0. The number of carbonyl (C=O) groups excluding carboxylic acids is 2. The number of hydrogen-bond acceptors (Lipinski definition) is 8. The molecule has 4 N–H and O–H groups in total. The second-order valence-corrected chi connectivity index (χ2v) is 13.2. The van der Waals surface area contributed by atoms with Crippen molar-refractivity contribution in [2.45, 2.75) is 57.3 Å². The third-order valence-corrected chi connectivity index (χ3v) is 8.68. The average Bonchev–Trinajstić information content (AvgIpc) is 3.58. The van der Waals surface area contributed by atoms with E-state index in [1.54, 1.807) is 6.07 Å². The summed E-state index contributed by atoms with van der Waals surface area (Å²) in [6.45, 7) is 3.25. The first kappa shape index (κ1) is 39.6. The van der Waals surface area contributed by atoms with Crippen molar-refractivity contribution in [1.82, 2.24) is 25.9 Å². The number of rotatable bonds is 13. The lowest BCUT2D eigenvalue weighted by Gasteiger charge is -2.33. The molecule has 0 radical (unpaired) electrons. The van der Waals surface area contributed by atoms with Crippen LogP contribution in [0.1, 0.15) is 55.5 Å². The van der Waals surface area contributed by atoms with Crippen LogP contribution < -0.4 is 25.8 Å². The summed E-state index contributed by atoms with van der Waals surface area (Å²) in [5.41, 5.74) is 0.104. The Kier molecular flexibility index (Phi) is 14.7. The molecule has 12 nitrogen and oxygen atoms in total. The summed E-state index contributed by atoms with van der Waals surface area (Å²) >= 11 is 0. The minimum atomic E-state index is -4.60. The Morgan fingerprint density at radius 3 is 1.98 bits per heavy atom. The molecule has 1 aromatic carbocycles. The molecule has 2 aliphatic rings. The molecule has 0 saturated carbocycles. The van der Waals surface area contributed by atoms with Gasteiger partial charge in [-0.3, -0.25) is 9.35 Å². The van der Waals surface area contributed by atoms with Crippen LogP contribution in [0.4, 0.5) is 42.8 Å². The maximum atomic E-state index is 13.4. The van der Waals surface area contributed by atoms with E-state index in [1.807, 2.05) is 9.80 Å². The highest BCUT2D eigenvalue weighted by Gasteiger charge is 2.37. The SMILES string of the molecule is O=C(NCCCC1CCN(c2cc(N3CCCC3)nc(C(F)(F)F)n2)CC1)NCCS(=O)(=O)O.O=CNCCc1ccc(C(F)(F)F)cc1. The lowest BCUT2D eigenvalue weighted by Crippen LogP contribution is -2.38. The second-order valence-electron chi connectivity index (χ2n) is 11.7. The minimum absolute atomic E-state index is 0.179. The molecule has 0 spiro atoms. The summed E-state index contributed by atoms with van der Waals surface area (Å²) in [5, 5.41) is 7.42. The summed E-state index contributed by atoms with van der Waals surface area (Å²) < 4.78 is 107. The number of piperidine rings is 1. The van der Waals surface area contributed by atoms with Crippen LogP contribution in [0.25, 0.3) is 0 Å². The predicted octanol–water partition coefficient (Wildman–Crippen LogP) is 4.27. The van der Waals surface area contributed by atoms with Gasteiger partial charge in [0.05, 0.1) is 11.3 Å². The Balaban J connectivity index is 0.000000362. The van der Waals surface area contributed by atoms with Gasteiger partial charge < -0.3 is 25.8 Å². The van der Waals surface area contributed by atoms with Gasteiger partial charge in [0.1, 0.15) is 11.6 Å². The maximum Gasteiger partial charge on any atom is 0.451 e. The Labute approximate surface area is 280 Å². The fourth-order valence-electron chi connectivity index (χ4n) is 5.35. The maximum absolute atomic E-state index is 13.4. The van der Waals surface area contributed by atoms with Crippen molar-refractivity contribution in [2.75, 3.05) is 61.4 Å². The van der Waals surface area contributed by atoms with Crippen molar-refractivity contribution in [1.29, 1.82) is 0 Å². The largest absolute Gasteiger partial charge is 0.451 e. The van der Waals surface area contributed by atoms with Gasteiger partial charge in [-0.15, -0.1) is 0 Å². The van der Waals surface area contributed by atoms with Gasteiger partial charge in [-0.2, -0.15) is 34.8 Å². The molecule has 19 heteroatoms. The minimum Gasteiger partial charge on any atom is -0.358 e. The number of benzene rings is 1. The Bertz CT molecular complexity index is 1450. The number of amides is 3. The first-order valence-corrected chi connectivity index (χ1v) is 17.4. The summed E-state index contributed by atoms with van der Waals surface area (Å²) in [7, 11) is -4.11. The van der Waals surface area contributed by atoms with Crippen LogP contribution in [0.2, 0.25) is 0 Å². The number of urea groups is 1. The molecule has 2 aliphatic heterocycles. The summed E-state index contributed by atoms with van der Waals surface area (Å²) in [6.07, 6.45) is -2.73. The Hall–Kier alpha value is -3.87. The van der Waals surface area contributed by atoms with E-state index in [9.17, 15) is 44.3 Å². The molecule has 0 atom stereocenters. The van der Waals surface area contributed by atoms with Gasteiger partial charge in [0, 0.05) is 51.9 Å². The highest BCUT2D eigenvalue weighted by Crippen LogP contribution is 2.33. The highest BCUT2D eigenvalue weighted by molar-refractivity contribution is 7.85. The van der Waals surface area contributed by atoms with Crippen LogP contribution in [0.3, 0.4) is 0 Å². The molecule has 2 aromatic rings. The Morgan fingerprint density at radius 2 is 1.45 bits per heavy atom. The van der Waals surface area contributed by atoms with Crippen LogP contribution in [-0.4, -0.2) is 86.9 Å². The van der Waals surface area contributed by atoms with E-state index in [1.165, 1.54) is 12.1 Å². The van der Waals surface area contributed by atoms with Gasteiger partial charge in [-0.1, -0.05) is 12.1 Å². The van der Waals surface area contributed by atoms with E-state index < -0.39 is 45.6 Å². The molecule has 0 bridgehead atoms. The van der Waals surface area contributed by atoms with E-state index in [0.717, 1.165) is 56.2 Å². The van der Waals surface area contributed by atoms with Crippen LogP contribution in [0, 0.1) is 5.92 Å². The quantitative estimate of drug-likeness (QED) is 0.103. The molecule has 3 amide bonds.